The molecule has 0 fully saturated rings. The SMILES string of the molecule is C=C1NC(C)CNc2c1sc1ccc3nc(-c4ccc(C)nc4)ccc3c21. The number of aryl methyl sites for hydroxylation is 1. The van der Waals surface area contributed by atoms with Gasteiger partial charge >= 0.3 is 0 Å². The number of hydrogen-bond donors (Lipinski definition) is 2. The molecule has 1 aliphatic rings. The smallest absolute Gasteiger partial charge is 0.0740 e. The van der Waals surface area contributed by atoms with Gasteiger partial charge in [0.2, 0.25) is 0 Å². The van der Waals surface area contributed by atoms with E-state index in [-0.39, 0.29) is 0 Å². The maximum absolute atomic E-state index is 4.91. The Labute approximate surface area is 162 Å². The average Bonchev–Trinajstić information content (AvgIpc) is 2.99. The largest absolute Gasteiger partial charge is 0.381 e. The van der Waals surface area contributed by atoms with Gasteiger partial charge in [-0.15, -0.1) is 11.3 Å². The summed E-state index contributed by atoms with van der Waals surface area (Å²) >= 11 is 1.78. The second-order valence-corrected chi connectivity index (χ2v) is 8.15. The lowest BCUT2D eigenvalue weighted by atomic mass is 10.1. The predicted octanol–water partition coefficient (Wildman–Crippen LogP) is 5.19. The minimum absolute atomic E-state index is 0.348. The Kier molecular flexibility index (Phi) is 3.65. The number of nitrogens with one attached hydrogen (secondary N) is 2. The van der Waals surface area contributed by atoms with Gasteiger partial charge < -0.3 is 10.6 Å². The molecule has 5 heteroatoms. The van der Waals surface area contributed by atoms with Crippen LogP contribution in [-0.2, 0) is 0 Å². The van der Waals surface area contributed by atoms with Gasteiger partial charge in [-0.2, -0.15) is 0 Å². The topological polar surface area (TPSA) is 49.8 Å². The Morgan fingerprint density at radius 3 is 2.85 bits per heavy atom. The maximum atomic E-state index is 4.91. The van der Waals surface area contributed by atoms with E-state index in [9.17, 15) is 0 Å². The molecule has 0 saturated carbocycles. The standard InChI is InChI=1S/C22H20N4S/c1-12-4-5-15(11-23-12)17-7-6-16-18(26-17)8-9-19-20(16)21-22(27-19)14(3)25-13(2)10-24-21/h4-9,11,13,24-25H,3,10H2,1-2H3. The zero-order chi connectivity index (χ0) is 18.5. The highest BCUT2D eigenvalue weighted by Gasteiger charge is 2.21. The van der Waals surface area contributed by atoms with Gasteiger partial charge in [-0.1, -0.05) is 6.58 Å². The quantitative estimate of drug-likeness (QED) is 0.482. The molecule has 4 heterocycles. The number of fused-ring (bicyclic) bond motifs is 5. The van der Waals surface area contributed by atoms with Gasteiger partial charge in [0.1, 0.15) is 0 Å². The Balaban J connectivity index is 1.71. The van der Waals surface area contributed by atoms with Gasteiger partial charge in [0, 0.05) is 51.2 Å². The van der Waals surface area contributed by atoms with Crippen LogP contribution in [0.1, 0.15) is 17.5 Å². The molecule has 1 aliphatic heterocycles. The van der Waals surface area contributed by atoms with E-state index in [1.165, 1.54) is 26.0 Å². The molecule has 0 amide bonds. The second-order valence-electron chi connectivity index (χ2n) is 7.10. The van der Waals surface area contributed by atoms with Crippen LogP contribution in [0, 0.1) is 6.92 Å². The van der Waals surface area contributed by atoms with Gasteiger partial charge in [-0.3, -0.25) is 4.98 Å². The summed E-state index contributed by atoms with van der Waals surface area (Å²) in [4.78, 5) is 10.5. The van der Waals surface area contributed by atoms with E-state index in [4.69, 9.17) is 4.98 Å². The first-order valence-electron chi connectivity index (χ1n) is 9.09. The molecule has 0 bridgehead atoms. The highest BCUT2D eigenvalue weighted by Crippen LogP contribution is 2.43. The van der Waals surface area contributed by atoms with Crippen LogP contribution in [0.4, 0.5) is 5.69 Å². The first-order valence-corrected chi connectivity index (χ1v) is 9.91. The van der Waals surface area contributed by atoms with Crippen LogP contribution in [0.3, 0.4) is 0 Å². The van der Waals surface area contributed by atoms with E-state index in [0.29, 0.717) is 6.04 Å². The number of thiophene rings is 1. The molecule has 1 unspecified atom stereocenters. The maximum Gasteiger partial charge on any atom is 0.0740 e. The van der Waals surface area contributed by atoms with Gasteiger partial charge in [-0.25, -0.2) is 4.98 Å². The fourth-order valence-electron chi connectivity index (χ4n) is 3.63. The lowest BCUT2D eigenvalue weighted by molar-refractivity contribution is 0.690. The summed E-state index contributed by atoms with van der Waals surface area (Å²) in [5.74, 6) is 0. The third-order valence-electron chi connectivity index (χ3n) is 5.01. The number of rotatable bonds is 1. The van der Waals surface area contributed by atoms with Crippen molar-refractivity contribution in [1.29, 1.82) is 0 Å². The number of aromatic nitrogens is 2. The van der Waals surface area contributed by atoms with Crippen molar-refractivity contribution in [2.45, 2.75) is 19.9 Å². The molecule has 27 heavy (non-hydrogen) atoms. The molecule has 0 saturated heterocycles. The first-order chi connectivity index (χ1) is 13.1. The highest BCUT2D eigenvalue weighted by molar-refractivity contribution is 7.21. The first kappa shape index (κ1) is 16.3. The minimum Gasteiger partial charge on any atom is -0.381 e. The van der Waals surface area contributed by atoms with E-state index < -0.39 is 0 Å². The molecular formula is C22H20N4S. The van der Waals surface area contributed by atoms with Crippen LogP contribution in [0.2, 0.25) is 0 Å². The zero-order valence-corrected chi connectivity index (χ0v) is 16.2. The molecule has 2 N–H and O–H groups in total. The van der Waals surface area contributed by atoms with Crippen molar-refractivity contribution < 1.29 is 0 Å². The predicted molar refractivity (Wildman–Crippen MR) is 115 cm³/mol. The summed E-state index contributed by atoms with van der Waals surface area (Å²) < 4.78 is 1.25. The monoisotopic (exact) mass is 372 g/mol. The van der Waals surface area contributed by atoms with Crippen LogP contribution in [-0.4, -0.2) is 22.6 Å². The van der Waals surface area contributed by atoms with Crippen molar-refractivity contribution in [3.8, 4) is 11.3 Å². The Morgan fingerprint density at radius 1 is 1.15 bits per heavy atom. The van der Waals surface area contributed by atoms with Crippen molar-refractivity contribution in [3.63, 3.8) is 0 Å². The van der Waals surface area contributed by atoms with Crippen molar-refractivity contribution >= 4 is 43.7 Å². The highest BCUT2D eigenvalue weighted by atomic mass is 32.1. The molecule has 0 aliphatic carbocycles. The van der Waals surface area contributed by atoms with Crippen LogP contribution >= 0.6 is 11.3 Å². The van der Waals surface area contributed by atoms with Crippen LogP contribution < -0.4 is 10.6 Å². The van der Waals surface area contributed by atoms with Gasteiger partial charge in [0.05, 0.1) is 21.8 Å². The lowest BCUT2D eigenvalue weighted by Crippen LogP contribution is -2.28. The summed E-state index contributed by atoms with van der Waals surface area (Å²) in [6, 6.07) is 13.0. The Hall–Kier alpha value is -2.92. The third-order valence-corrected chi connectivity index (χ3v) is 6.22. The van der Waals surface area contributed by atoms with E-state index in [0.717, 1.165) is 34.7 Å². The summed E-state index contributed by atoms with van der Waals surface area (Å²) in [5.41, 5.74) is 6.16. The molecule has 134 valence electrons. The molecule has 0 radical (unpaired) electrons. The normalized spacial score (nSPS) is 16.7. The van der Waals surface area contributed by atoms with E-state index in [1.807, 2.05) is 19.2 Å². The third kappa shape index (κ3) is 2.66. The number of hydrogen-bond acceptors (Lipinski definition) is 5. The van der Waals surface area contributed by atoms with Crippen LogP contribution in [0.15, 0.2) is 49.2 Å². The van der Waals surface area contributed by atoms with Gasteiger partial charge in [-0.05, 0) is 50.2 Å². The second kappa shape index (κ2) is 6.06. The Bertz CT molecular complexity index is 1190. The Morgan fingerprint density at radius 2 is 2.04 bits per heavy atom. The molecule has 5 rings (SSSR count). The fourth-order valence-corrected chi connectivity index (χ4v) is 4.76. The summed E-state index contributed by atoms with van der Waals surface area (Å²) in [7, 11) is 0. The van der Waals surface area contributed by atoms with Crippen molar-refractivity contribution in [2.24, 2.45) is 0 Å². The van der Waals surface area contributed by atoms with Gasteiger partial charge in [0.15, 0.2) is 0 Å². The van der Waals surface area contributed by atoms with E-state index >= 15 is 0 Å². The summed E-state index contributed by atoms with van der Waals surface area (Å²) in [6.45, 7) is 9.27. The van der Waals surface area contributed by atoms with Crippen molar-refractivity contribution in [1.82, 2.24) is 15.3 Å². The number of pyridine rings is 2. The van der Waals surface area contributed by atoms with E-state index in [2.05, 4.69) is 59.5 Å². The summed E-state index contributed by atoms with van der Waals surface area (Å²) in [6.07, 6.45) is 1.89. The summed E-state index contributed by atoms with van der Waals surface area (Å²) in [5, 5.41) is 9.51. The molecule has 1 atom stereocenters. The fraction of sp³-hybridized carbons (Fsp3) is 0.182. The van der Waals surface area contributed by atoms with Crippen molar-refractivity contribution in [3.05, 3.63) is 59.7 Å². The minimum atomic E-state index is 0.348. The molecule has 4 nitrogen and oxygen atoms in total. The van der Waals surface area contributed by atoms with Crippen LogP contribution in [0.5, 0.6) is 0 Å². The molecular weight excluding hydrogens is 352 g/mol. The number of nitrogens with zero attached hydrogens (tertiary/aromatic N) is 2. The lowest BCUT2D eigenvalue weighted by Gasteiger charge is -2.12. The van der Waals surface area contributed by atoms with Crippen molar-refractivity contribution in [2.75, 3.05) is 11.9 Å². The van der Waals surface area contributed by atoms with Crippen LogP contribution in [0.25, 0.3) is 37.9 Å². The number of anilines is 1. The molecule has 4 aromatic rings. The number of benzene rings is 1. The average molecular weight is 372 g/mol. The molecule has 1 aromatic carbocycles. The van der Waals surface area contributed by atoms with Gasteiger partial charge in [0.25, 0.3) is 0 Å². The van der Waals surface area contributed by atoms with E-state index in [1.54, 1.807) is 11.3 Å². The molecule has 3 aromatic heterocycles. The molecule has 0 spiro atoms. The zero-order valence-electron chi connectivity index (χ0n) is 15.3.